The minimum absolute atomic E-state index is 0.0983. The van der Waals surface area contributed by atoms with Gasteiger partial charge in [-0.05, 0) is 7.05 Å². The number of nitro benzene ring substituents is 1. The van der Waals surface area contributed by atoms with E-state index in [9.17, 15) is 20.0 Å². The number of likely N-dealkylation sites (N-methyl/N-ethyl adjacent to an activating group) is 1. The fourth-order valence-electron chi connectivity index (χ4n) is 2.20. The van der Waals surface area contributed by atoms with Crippen LogP contribution in [0.1, 0.15) is 10.4 Å². The molecule has 1 N–H and O–H groups in total. The van der Waals surface area contributed by atoms with Gasteiger partial charge in [0.2, 0.25) is 0 Å². The van der Waals surface area contributed by atoms with Crippen LogP contribution in [-0.4, -0.2) is 54.1 Å². The molecule has 0 amide bonds. The molecule has 1 aliphatic heterocycles. The van der Waals surface area contributed by atoms with Crippen LogP contribution in [0.3, 0.4) is 0 Å². The van der Waals surface area contributed by atoms with Gasteiger partial charge in [-0.25, -0.2) is 4.79 Å². The molecule has 1 saturated heterocycles. The highest BCUT2D eigenvalue weighted by Crippen LogP contribution is 2.34. The first kappa shape index (κ1) is 14.5. The molecule has 0 unspecified atom stereocenters. The van der Waals surface area contributed by atoms with Crippen LogP contribution in [0.25, 0.3) is 0 Å². The average Bonchev–Trinajstić information content (AvgIpc) is 2.39. The molecule has 8 heteroatoms. The number of carbonyl (C=O) groups is 1. The van der Waals surface area contributed by atoms with Gasteiger partial charge in [0.15, 0.2) is 0 Å². The van der Waals surface area contributed by atoms with Gasteiger partial charge < -0.3 is 14.9 Å². The molecule has 0 atom stereocenters. The van der Waals surface area contributed by atoms with E-state index in [1.165, 1.54) is 6.07 Å². The fourth-order valence-corrected chi connectivity index (χ4v) is 2.54. The molecule has 0 bridgehead atoms. The standard InChI is InChI=1S/C12H14ClN3O4/c1-14-2-4-15(5-3-14)11-9(12(17)18)6-8(16(19)20)7-10(11)13/h6-7H,2-5H2,1H3,(H,17,18). The van der Waals surface area contributed by atoms with E-state index in [-0.39, 0.29) is 16.3 Å². The lowest BCUT2D eigenvalue weighted by Gasteiger charge is -2.35. The maximum Gasteiger partial charge on any atom is 0.338 e. The van der Waals surface area contributed by atoms with Gasteiger partial charge >= 0.3 is 5.97 Å². The number of hydrogen-bond acceptors (Lipinski definition) is 5. The quantitative estimate of drug-likeness (QED) is 0.675. The first-order valence-electron chi connectivity index (χ1n) is 6.05. The number of carboxylic acid groups (broad SMARTS) is 1. The van der Waals surface area contributed by atoms with E-state index in [1.807, 2.05) is 11.9 Å². The van der Waals surface area contributed by atoms with Crippen molar-refractivity contribution in [3.63, 3.8) is 0 Å². The number of carboxylic acids is 1. The molecule has 0 radical (unpaired) electrons. The van der Waals surface area contributed by atoms with Gasteiger partial charge in [-0.2, -0.15) is 0 Å². The molecule has 1 aromatic carbocycles. The Kier molecular flexibility index (Phi) is 4.10. The fraction of sp³-hybridized carbons (Fsp3) is 0.417. The summed E-state index contributed by atoms with van der Waals surface area (Å²) >= 11 is 6.07. The van der Waals surface area contributed by atoms with Crippen molar-refractivity contribution in [1.29, 1.82) is 0 Å². The predicted octanol–water partition coefficient (Wildman–Crippen LogP) is 1.70. The summed E-state index contributed by atoms with van der Waals surface area (Å²) in [6, 6.07) is 2.25. The van der Waals surface area contributed by atoms with E-state index >= 15 is 0 Å². The number of halogens is 1. The molecular weight excluding hydrogens is 286 g/mol. The molecular formula is C12H14ClN3O4. The number of piperazine rings is 1. The molecule has 0 aliphatic carbocycles. The molecule has 0 aromatic heterocycles. The second kappa shape index (κ2) is 5.64. The highest BCUT2D eigenvalue weighted by Gasteiger charge is 2.25. The zero-order chi connectivity index (χ0) is 14.9. The van der Waals surface area contributed by atoms with Gasteiger partial charge in [-0.1, -0.05) is 11.6 Å². The molecule has 1 aromatic rings. The van der Waals surface area contributed by atoms with Gasteiger partial charge in [0.25, 0.3) is 5.69 Å². The summed E-state index contributed by atoms with van der Waals surface area (Å²) < 4.78 is 0. The Morgan fingerprint density at radius 3 is 2.45 bits per heavy atom. The lowest BCUT2D eigenvalue weighted by atomic mass is 10.1. The Labute approximate surface area is 120 Å². The van der Waals surface area contributed by atoms with Crippen molar-refractivity contribution in [2.75, 3.05) is 38.1 Å². The highest BCUT2D eigenvalue weighted by atomic mass is 35.5. The Hall–Kier alpha value is -1.86. The largest absolute Gasteiger partial charge is 0.478 e. The number of anilines is 1. The van der Waals surface area contributed by atoms with Crippen LogP contribution in [0.2, 0.25) is 5.02 Å². The van der Waals surface area contributed by atoms with Gasteiger partial charge in [-0.3, -0.25) is 10.1 Å². The van der Waals surface area contributed by atoms with Crippen LogP contribution < -0.4 is 4.90 Å². The van der Waals surface area contributed by atoms with Crippen molar-refractivity contribution in [3.05, 3.63) is 32.8 Å². The molecule has 7 nitrogen and oxygen atoms in total. The summed E-state index contributed by atoms with van der Waals surface area (Å²) in [6.45, 7) is 2.83. The second-order valence-electron chi connectivity index (χ2n) is 4.68. The number of nitrogens with zero attached hydrogens (tertiary/aromatic N) is 3. The van der Waals surface area contributed by atoms with Gasteiger partial charge in [0, 0.05) is 38.3 Å². The number of hydrogen-bond donors (Lipinski definition) is 1. The van der Waals surface area contributed by atoms with Crippen molar-refractivity contribution in [3.8, 4) is 0 Å². The lowest BCUT2D eigenvalue weighted by Crippen LogP contribution is -2.45. The normalized spacial score (nSPS) is 16.2. The number of aromatic carboxylic acids is 1. The van der Waals surface area contributed by atoms with Crippen molar-refractivity contribution < 1.29 is 14.8 Å². The molecule has 1 aliphatic rings. The van der Waals surface area contributed by atoms with Crippen molar-refractivity contribution >= 4 is 28.9 Å². The van der Waals surface area contributed by atoms with E-state index < -0.39 is 10.9 Å². The zero-order valence-electron chi connectivity index (χ0n) is 10.9. The number of non-ortho nitro benzene ring substituents is 1. The Morgan fingerprint density at radius 1 is 1.35 bits per heavy atom. The monoisotopic (exact) mass is 299 g/mol. The Bertz CT molecular complexity index is 556. The summed E-state index contributed by atoms with van der Waals surface area (Å²) in [6.07, 6.45) is 0. The smallest absolute Gasteiger partial charge is 0.338 e. The summed E-state index contributed by atoms with van der Waals surface area (Å²) in [4.78, 5) is 25.5. The SMILES string of the molecule is CN1CCN(c2c(Cl)cc([N+](=O)[O-])cc2C(=O)O)CC1. The third-order valence-corrected chi connectivity index (χ3v) is 3.60. The molecule has 1 heterocycles. The third-order valence-electron chi connectivity index (χ3n) is 3.31. The lowest BCUT2D eigenvalue weighted by molar-refractivity contribution is -0.384. The van der Waals surface area contributed by atoms with Crippen LogP contribution in [0.15, 0.2) is 12.1 Å². The number of nitro groups is 1. The maximum atomic E-state index is 11.3. The highest BCUT2D eigenvalue weighted by molar-refractivity contribution is 6.34. The van der Waals surface area contributed by atoms with Crippen molar-refractivity contribution in [1.82, 2.24) is 4.90 Å². The van der Waals surface area contributed by atoms with Crippen LogP contribution >= 0.6 is 11.6 Å². The summed E-state index contributed by atoms with van der Waals surface area (Å²) in [5.74, 6) is -1.22. The van der Waals surface area contributed by atoms with Gasteiger partial charge in [-0.15, -0.1) is 0 Å². The maximum absolute atomic E-state index is 11.3. The number of rotatable bonds is 3. The van der Waals surface area contributed by atoms with Crippen LogP contribution in [0.5, 0.6) is 0 Å². The van der Waals surface area contributed by atoms with E-state index in [1.54, 1.807) is 0 Å². The first-order chi connectivity index (χ1) is 9.40. The molecule has 0 saturated carbocycles. The van der Waals surface area contributed by atoms with E-state index in [2.05, 4.69) is 4.90 Å². The van der Waals surface area contributed by atoms with E-state index in [0.29, 0.717) is 18.8 Å². The summed E-state index contributed by atoms with van der Waals surface area (Å²) in [5, 5.41) is 20.2. The summed E-state index contributed by atoms with van der Waals surface area (Å²) in [7, 11) is 1.98. The van der Waals surface area contributed by atoms with Crippen molar-refractivity contribution in [2.45, 2.75) is 0 Å². The third kappa shape index (κ3) is 2.83. The van der Waals surface area contributed by atoms with Crippen molar-refractivity contribution in [2.24, 2.45) is 0 Å². The zero-order valence-corrected chi connectivity index (χ0v) is 11.6. The van der Waals surface area contributed by atoms with Crippen LogP contribution in [0.4, 0.5) is 11.4 Å². The minimum Gasteiger partial charge on any atom is -0.478 e. The Morgan fingerprint density at radius 2 is 1.95 bits per heavy atom. The topological polar surface area (TPSA) is 86.9 Å². The first-order valence-corrected chi connectivity index (χ1v) is 6.42. The molecule has 0 spiro atoms. The number of benzene rings is 1. The second-order valence-corrected chi connectivity index (χ2v) is 5.08. The van der Waals surface area contributed by atoms with E-state index in [4.69, 9.17) is 11.6 Å². The van der Waals surface area contributed by atoms with Crippen LogP contribution in [0, 0.1) is 10.1 Å². The van der Waals surface area contributed by atoms with E-state index in [0.717, 1.165) is 19.2 Å². The molecule has 1 fully saturated rings. The van der Waals surface area contributed by atoms with Gasteiger partial charge in [0.05, 0.1) is 21.2 Å². The molecule has 108 valence electrons. The Balaban J connectivity index is 2.46. The predicted molar refractivity (Wildman–Crippen MR) is 74.8 cm³/mol. The summed E-state index contributed by atoms with van der Waals surface area (Å²) in [5.41, 5.74) is -0.0862. The van der Waals surface area contributed by atoms with Crippen LogP contribution in [-0.2, 0) is 0 Å². The molecule has 20 heavy (non-hydrogen) atoms. The van der Waals surface area contributed by atoms with Gasteiger partial charge in [0.1, 0.15) is 0 Å². The average molecular weight is 300 g/mol. The minimum atomic E-state index is -1.22. The molecule has 2 rings (SSSR count).